The Hall–Kier alpha value is -3.20. The van der Waals surface area contributed by atoms with Crippen LogP contribution in [0, 0.1) is 0 Å². The summed E-state index contributed by atoms with van der Waals surface area (Å²) >= 11 is 0. The molecule has 46 heavy (non-hydrogen) atoms. The molecule has 0 unspecified atom stereocenters. The summed E-state index contributed by atoms with van der Waals surface area (Å²) in [6, 6.07) is 0. The van der Waals surface area contributed by atoms with Gasteiger partial charge in [0.05, 0.1) is 13.7 Å². The number of amides is 1. The number of carbonyl (C=O) groups is 4. The average molecular weight is 651 g/mol. The normalized spacial score (nSPS) is 11.5. The fourth-order valence-electron chi connectivity index (χ4n) is 3.84. The molecule has 1 saturated heterocycles. The number of ether oxygens (including phenoxy) is 3. The van der Waals surface area contributed by atoms with E-state index in [1.54, 1.807) is 31.9 Å². The predicted molar refractivity (Wildman–Crippen MR) is 189 cm³/mol. The number of methoxy groups -OCH3 is 1. The van der Waals surface area contributed by atoms with Gasteiger partial charge in [-0.15, -0.1) is 0 Å². The molecule has 0 spiro atoms. The fraction of sp³-hybridized carbons (Fsp3) is 0.676. The van der Waals surface area contributed by atoms with Crippen molar-refractivity contribution in [3.8, 4) is 0 Å². The summed E-state index contributed by atoms with van der Waals surface area (Å²) in [5, 5.41) is 0. The van der Waals surface area contributed by atoms with Crippen LogP contribution >= 0.6 is 0 Å². The Bertz CT molecular complexity index is 894. The largest absolute Gasteiger partial charge is 0.466 e. The Labute approximate surface area is 281 Å². The van der Waals surface area contributed by atoms with E-state index in [-0.39, 0.29) is 23.8 Å². The Kier molecular flexibility index (Phi) is 34.0. The smallest absolute Gasteiger partial charge is 0.333 e. The standard InChI is InChI=1S/C16H30O2.C10H19NO2.C6H9NO.C5H8O2/c1-4-5-6-7-8-9-10-11-12-13-14-18-16(17)15(2)3;1-5-11(6-2)7-8-13-10(12)9(3)4;1-2-7-5-3-4-6(7)8;1-4(2)5(6)7-3/h2,4-14H2,1,3H3;3,5-8H2,1-2,4H3;2H,1,3-5H2;1H2,2-3H3. The van der Waals surface area contributed by atoms with E-state index in [1.165, 1.54) is 64.9 Å². The summed E-state index contributed by atoms with van der Waals surface area (Å²) in [6.07, 6.45) is 16.2. The molecule has 1 aliphatic heterocycles. The average Bonchev–Trinajstić information content (AvgIpc) is 3.46. The number of rotatable bonds is 20. The Balaban J connectivity index is -0.000000574. The van der Waals surface area contributed by atoms with Gasteiger partial charge in [-0.05, 0) is 52.9 Å². The van der Waals surface area contributed by atoms with Gasteiger partial charge in [-0.25, -0.2) is 14.4 Å². The second-order valence-electron chi connectivity index (χ2n) is 11.2. The Morgan fingerprint density at radius 2 is 1.17 bits per heavy atom. The zero-order valence-corrected chi connectivity index (χ0v) is 30.4. The molecular weight excluding hydrogens is 584 g/mol. The first-order chi connectivity index (χ1) is 21.8. The van der Waals surface area contributed by atoms with Gasteiger partial charge >= 0.3 is 17.9 Å². The van der Waals surface area contributed by atoms with Crippen LogP contribution in [0.1, 0.15) is 119 Å². The monoisotopic (exact) mass is 650 g/mol. The van der Waals surface area contributed by atoms with E-state index in [0.29, 0.717) is 36.4 Å². The van der Waals surface area contributed by atoms with Crippen molar-refractivity contribution < 1.29 is 33.4 Å². The van der Waals surface area contributed by atoms with Crippen LogP contribution in [0.4, 0.5) is 0 Å². The number of unbranched alkanes of at least 4 members (excludes halogenated alkanes) is 9. The lowest BCUT2D eigenvalue weighted by atomic mass is 10.1. The molecule has 0 radical (unpaired) electrons. The maximum absolute atomic E-state index is 11.1. The molecule has 1 fully saturated rings. The maximum atomic E-state index is 11.1. The van der Waals surface area contributed by atoms with Gasteiger partial charge in [-0.3, -0.25) is 4.79 Å². The van der Waals surface area contributed by atoms with E-state index < -0.39 is 0 Å². The fourth-order valence-corrected chi connectivity index (χ4v) is 3.84. The first kappa shape index (κ1) is 47.2. The highest BCUT2D eigenvalue weighted by Gasteiger charge is 2.16. The molecule has 1 amide bonds. The molecule has 0 N–H and O–H groups in total. The van der Waals surface area contributed by atoms with Crippen molar-refractivity contribution in [2.24, 2.45) is 0 Å². The molecule has 0 aliphatic carbocycles. The molecule has 0 aromatic rings. The van der Waals surface area contributed by atoms with Gasteiger partial charge in [-0.2, -0.15) is 0 Å². The summed E-state index contributed by atoms with van der Waals surface area (Å²) in [5.74, 6) is -0.696. The highest BCUT2D eigenvalue weighted by molar-refractivity contribution is 5.87. The van der Waals surface area contributed by atoms with Gasteiger partial charge in [0.2, 0.25) is 5.91 Å². The number of nitrogens with zero attached hydrogens (tertiary/aromatic N) is 2. The summed E-state index contributed by atoms with van der Waals surface area (Å²) in [4.78, 5) is 46.7. The summed E-state index contributed by atoms with van der Waals surface area (Å²) in [6.45, 7) is 29.9. The van der Waals surface area contributed by atoms with Crippen molar-refractivity contribution in [3.63, 3.8) is 0 Å². The maximum Gasteiger partial charge on any atom is 0.333 e. The molecule has 0 aromatic carbocycles. The van der Waals surface area contributed by atoms with Crippen molar-refractivity contribution in [1.29, 1.82) is 0 Å². The summed E-state index contributed by atoms with van der Waals surface area (Å²) in [5.41, 5.74) is 1.38. The lowest BCUT2D eigenvalue weighted by Gasteiger charge is -2.17. The van der Waals surface area contributed by atoms with Crippen molar-refractivity contribution >= 4 is 23.8 Å². The number of hydrogen-bond acceptors (Lipinski definition) is 8. The molecule has 0 bridgehead atoms. The van der Waals surface area contributed by atoms with Crippen molar-refractivity contribution in [1.82, 2.24) is 9.80 Å². The van der Waals surface area contributed by atoms with Crippen molar-refractivity contribution in [2.75, 3.05) is 46.5 Å². The van der Waals surface area contributed by atoms with Crippen LogP contribution in [-0.4, -0.2) is 80.1 Å². The SMILES string of the molecule is C=C(C)C(=O)OC.C=C(C)C(=O)OCCCCCCCCCCCC.C=C(C)C(=O)OCCN(CC)CC.C=CN1CCCC1=O. The lowest BCUT2D eigenvalue weighted by Crippen LogP contribution is -2.27. The molecule has 1 rings (SSSR count). The highest BCUT2D eigenvalue weighted by atomic mass is 16.5. The third kappa shape index (κ3) is 30.8. The molecule has 0 atom stereocenters. The number of esters is 3. The lowest BCUT2D eigenvalue weighted by molar-refractivity contribution is -0.140. The van der Waals surface area contributed by atoms with Crippen LogP contribution in [-0.2, 0) is 33.4 Å². The van der Waals surface area contributed by atoms with E-state index in [4.69, 9.17) is 9.47 Å². The summed E-state index contributed by atoms with van der Waals surface area (Å²) in [7, 11) is 1.33. The van der Waals surface area contributed by atoms with Crippen LogP contribution in [0.25, 0.3) is 0 Å². The Morgan fingerprint density at radius 3 is 1.48 bits per heavy atom. The van der Waals surface area contributed by atoms with Gasteiger partial charge in [0.25, 0.3) is 0 Å². The van der Waals surface area contributed by atoms with Crippen LogP contribution in [0.3, 0.4) is 0 Å². The number of carbonyl (C=O) groups excluding carboxylic acids is 4. The van der Waals surface area contributed by atoms with E-state index >= 15 is 0 Å². The van der Waals surface area contributed by atoms with Crippen LogP contribution in [0.2, 0.25) is 0 Å². The van der Waals surface area contributed by atoms with Crippen LogP contribution < -0.4 is 0 Å². The Morgan fingerprint density at radius 1 is 0.739 bits per heavy atom. The van der Waals surface area contributed by atoms with Gasteiger partial charge in [0, 0.05) is 36.2 Å². The minimum absolute atomic E-state index is 0.208. The number of likely N-dealkylation sites (N-methyl/N-ethyl adjacent to an activating group) is 1. The first-order valence-corrected chi connectivity index (χ1v) is 16.9. The van der Waals surface area contributed by atoms with E-state index in [9.17, 15) is 19.2 Å². The zero-order chi connectivity index (χ0) is 35.8. The second-order valence-corrected chi connectivity index (χ2v) is 11.2. The molecule has 266 valence electrons. The molecule has 1 heterocycles. The minimum atomic E-state index is -0.347. The molecule has 9 heteroatoms. The van der Waals surface area contributed by atoms with Crippen molar-refractivity contribution in [2.45, 2.75) is 119 Å². The van der Waals surface area contributed by atoms with Crippen LogP contribution in [0.5, 0.6) is 0 Å². The summed E-state index contributed by atoms with van der Waals surface area (Å²) < 4.78 is 14.3. The minimum Gasteiger partial charge on any atom is -0.466 e. The zero-order valence-electron chi connectivity index (χ0n) is 30.4. The topological polar surface area (TPSA) is 102 Å². The van der Waals surface area contributed by atoms with Gasteiger partial charge in [0.15, 0.2) is 0 Å². The predicted octanol–water partition coefficient (Wildman–Crippen LogP) is 7.96. The first-order valence-electron chi connectivity index (χ1n) is 16.9. The number of likely N-dealkylation sites (tertiary alicyclic amines) is 1. The second kappa shape index (κ2) is 33.2. The number of hydrogen-bond donors (Lipinski definition) is 0. The molecule has 0 saturated carbocycles. The van der Waals surface area contributed by atoms with Crippen molar-refractivity contribution in [3.05, 3.63) is 49.2 Å². The van der Waals surface area contributed by atoms with Gasteiger partial charge in [0.1, 0.15) is 6.61 Å². The molecule has 9 nitrogen and oxygen atoms in total. The van der Waals surface area contributed by atoms with Crippen LogP contribution in [0.15, 0.2) is 49.2 Å². The highest BCUT2D eigenvalue weighted by Crippen LogP contribution is 2.11. The quantitative estimate of drug-likeness (QED) is 0.0566. The van der Waals surface area contributed by atoms with Gasteiger partial charge in [-0.1, -0.05) is 105 Å². The van der Waals surface area contributed by atoms with E-state index in [2.05, 4.69) is 56.7 Å². The third-order valence-corrected chi connectivity index (χ3v) is 6.83. The molecule has 0 aromatic heterocycles. The molecular formula is C37H66N2O7. The van der Waals surface area contributed by atoms with E-state index in [1.807, 2.05) is 0 Å². The van der Waals surface area contributed by atoms with E-state index in [0.717, 1.165) is 39.0 Å². The molecule has 1 aliphatic rings. The third-order valence-electron chi connectivity index (χ3n) is 6.83. The van der Waals surface area contributed by atoms with Gasteiger partial charge < -0.3 is 24.0 Å².